The van der Waals surface area contributed by atoms with Crippen molar-refractivity contribution >= 4 is 6.03 Å². The number of hydroxylamine groups is 2. The first-order valence-electron chi connectivity index (χ1n) is 7.60. The largest absolute Gasteiger partial charge is 0.369 e. The summed E-state index contributed by atoms with van der Waals surface area (Å²) in [6.45, 7) is 5.13. The minimum absolute atomic E-state index is 0.336. The van der Waals surface area contributed by atoms with Gasteiger partial charge in [0.25, 0.3) is 0 Å². The SMILES string of the molecule is CCCCCCCCCCCN(CC)C(=O)N(O)O. The minimum Gasteiger partial charge on any atom is -0.321 e. The van der Waals surface area contributed by atoms with Crippen LogP contribution in [0.15, 0.2) is 0 Å². The van der Waals surface area contributed by atoms with Gasteiger partial charge in [0.1, 0.15) is 0 Å². The summed E-state index contributed by atoms with van der Waals surface area (Å²) in [5.74, 6) is 0. The van der Waals surface area contributed by atoms with Crippen LogP contribution in [0.2, 0.25) is 0 Å². The first-order valence-corrected chi connectivity index (χ1v) is 7.60. The van der Waals surface area contributed by atoms with Crippen molar-refractivity contribution in [2.45, 2.75) is 71.6 Å². The van der Waals surface area contributed by atoms with Gasteiger partial charge in [0.05, 0.1) is 0 Å². The first-order chi connectivity index (χ1) is 9.13. The van der Waals surface area contributed by atoms with E-state index in [2.05, 4.69) is 6.92 Å². The van der Waals surface area contributed by atoms with Crippen molar-refractivity contribution in [3.8, 4) is 0 Å². The summed E-state index contributed by atoms with van der Waals surface area (Å²) < 4.78 is 0. The van der Waals surface area contributed by atoms with Crippen molar-refractivity contribution in [1.29, 1.82) is 0 Å². The van der Waals surface area contributed by atoms with Gasteiger partial charge in [-0.1, -0.05) is 63.5 Å². The van der Waals surface area contributed by atoms with Gasteiger partial charge in [0.15, 0.2) is 0 Å². The third-order valence-corrected chi connectivity index (χ3v) is 3.35. The maximum Gasteiger partial charge on any atom is 0.369 e. The Morgan fingerprint density at radius 2 is 1.32 bits per heavy atom. The standard InChI is InChI=1S/C14H30N2O3/c1-3-5-6-7-8-9-10-11-12-13-15(4-2)14(17)16(18)19/h18-19H,3-13H2,1-2H3. The van der Waals surface area contributed by atoms with Crippen LogP contribution in [0.25, 0.3) is 0 Å². The van der Waals surface area contributed by atoms with Gasteiger partial charge in [0.2, 0.25) is 0 Å². The highest BCUT2D eigenvalue weighted by Gasteiger charge is 2.15. The minimum atomic E-state index is -0.748. The molecule has 114 valence electrons. The van der Waals surface area contributed by atoms with E-state index >= 15 is 0 Å². The number of urea groups is 1. The highest BCUT2D eigenvalue weighted by Crippen LogP contribution is 2.10. The third-order valence-electron chi connectivity index (χ3n) is 3.35. The zero-order valence-corrected chi connectivity index (χ0v) is 12.5. The third kappa shape index (κ3) is 9.73. The fourth-order valence-corrected chi connectivity index (χ4v) is 2.13. The van der Waals surface area contributed by atoms with Crippen LogP contribution in [0, 0.1) is 0 Å². The van der Waals surface area contributed by atoms with Gasteiger partial charge in [-0.3, -0.25) is 10.4 Å². The molecule has 0 unspecified atom stereocenters. The first kappa shape index (κ1) is 18.2. The summed E-state index contributed by atoms with van der Waals surface area (Å²) in [5.41, 5.74) is 0. The molecule has 0 spiro atoms. The number of rotatable bonds is 11. The van der Waals surface area contributed by atoms with E-state index in [-0.39, 0.29) is 5.23 Å². The Balaban J connectivity index is 3.44. The van der Waals surface area contributed by atoms with E-state index in [1.54, 1.807) is 0 Å². The summed E-state index contributed by atoms with van der Waals surface area (Å²) >= 11 is 0. The molecule has 0 aromatic carbocycles. The van der Waals surface area contributed by atoms with Gasteiger partial charge in [0, 0.05) is 13.1 Å². The molecule has 0 saturated heterocycles. The summed E-state index contributed by atoms with van der Waals surface area (Å²) in [7, 11) is 0. The maximum atomic E-state index is 11.3. The van der Waals surface area contributed by atoms with Gasteiger partial charge in [-0.15, -0.1) is 0 Å². The van der Waals surface area contributed by atoms with Crippen LogP contribution in [-0.2, 0) is 0 Å². The Labute approximate surface area is 117 Å². The van der Waals surface area contributed by atoms with Crippen LogP contribution in [-0.4, -0.2) is 39.7 Å². The molecule has 0 heterocycles. The van der Waals surface area contributed by atoms with Crippen molar-refractivity contribution < 1.29 is 15.2 Å². The Kier molecular flexibility index (Phi) is 11.7. The highest BCUT2D eigenvalue weighted by molar-refractivity contribution is 5.71. The molecule has 2 N–H and O–H groups in total. The monoisotopic (exact) mass is 274 g/mol. The molecule has 5 heteroatoms. The molecule has 0 fully saturated rings. The Morgan fingerprint density at radius 1 is 0.842 bits per heavy atom. The number of unbranched alkanes of at least 4 members (excludes halogenated alkanes) is 8. The lowest BCUT2D eigenvalue weighted by molar-refractivity contribution is -0.264. The summed E-state index contributed by atoms with van der Waals surface area (Å²) in [6, 6.07) is -0.748. The van der Waals surface area contributed by atoms with Crippen LogP contribution in [0.1, 0.15) is 71.6 Å². The lowest BCUT2D eigenvalue weighted by Crippen LogP contribution is -2.40. The summed E-state index contributed by atoms with van der Waals surface area (Å²) in [6.07, 6.45) is 11.1. The van der Waals surface area contributed by atoms with Crippen LogP contribution in [0.4, 0.5) is 4.79 Å². The van der Waals surface area contributed by atoms with Crippen LogP contribution in [0.3, 0.4) is 0 Å². The quantitative estimate of drug-likeness (QED) is 0.339. The Bertz CT molecular complexity index is 223. The van der Waals surface area contributed by atoms with Crippen molar-refractivity contribution in [2.75, 3.05) is 13.1 Å². The summed E-state index contributed by atoms with van der Waals surface area (Å²) in [4.78, 5) is 12.7. The van der Waals surface area contributed by atoms with E-state index in [1.807, 2.05) is 6.92 Å². The molecular weight excluding hydrogens is 244 g/mol. The average molecular weight is 274 g/mol. The fraction of sp³-hybridized carbons (Fsp3) is 0.929. The predicted octanol–water partition coefficient (Wildman–Crippen LogP) is 4.04. The normalized spacial score (nSPS) is 10.5. The molecule has 5 nitrogen and oxygen atoms in total. The van der Waals surface area contributed by atoms with Gasteiger partial charge in [-0.2, -0.15) is 0 Å². The van der Waals surface area contributed by atoms with Crippen LogP contribution in [0.5, 0.6) is 0 Å². The predicted molar refractivity (Wildman–Crippen MR) is 75.3 cm³/mol. The number of hydrogen-bond acceptors (Lipinski definition) is 3. The second kappa shape index (κ2) is 12.2. The van der Waals surface area contributed by atoms with E-state index in [4.69, 9.17) is 10.4 Å². The van der Waals surface area contributed by atoms with E-state index in [1.165, 1.54) is 49.8 Å². The number of nitrogens with zero attached hydrogens (tertiary/aromatic N) is 2. The molecule has 19 heavy (non-hydrogen) atoms. The van der Waals surface area contributed by atoms with Crippen molar-refractivity contribution in [3.63, 3.8) is 0 Å². The van der Waals surface area contributed by atoms with Crippen molar-refractivity contribution in [1.82, 2.24) is 10.1 Å². The lowest BCUT2D eigenvalue weighted by atomic mass is 10.1. The molecule has 0 aromatic heterocycles. The second-order valence-corrected chi connectivity index (χ2v) is 4.98. The van der Waals surface area contributed by atoms with Gasteiger partial charge < -0.3 is 4.90 Å². The molecule has 0 aliphatic rings. The van der Waals surface area contributed by atoms with Crippen LogP contribution < -0.4 is 0 Å². The molecular formula is C14H30N2O3. The zero-order chi connectivity index (χ0) is 14.5. The number of carbonyl (C=O) groups excluding carboxylic acids is 1. The van der Waals surface area contributed by atoms with Crippen molar-refractivity contribution in [2.24, 2.45) is 0 Å². The van der Waals surface area contributed by atoms with E-state index in [0.29, 0.717) is 13.1 Å². The van der Waals surface area contributed by atoms with E-state index < -0.39 is 6.03 Å². The Hall–Kier alpha value is -0.810. The Morgan fingerprint density at radius 3 is 1.74 bits per heavy atom. The molecule has 0 saturated carbocycles. The number of amides is 2. The molecule has 0 aliphatic heterocycles. The topological polar surface area (TPSA) is 64.0 Å². The lowest BCUT2D eigenvalue weighted by Gasteiger charge is -2.21. The molecule has 0 radical (unpaired) electrons. The molecule has 0 rings (SSSR count). The second-order valence-electron chi connectivity index (χ2n) is 4.98. The molecule has 0 aliphatic carbocycles. The molecule has 2 amide bonds. The van der Waals surface area contributed by atoms with Crippen LogP contribution >= 0.6 is 0 Å². The van der Waals surface area contributed by atoms with Gasteiger partial charge in [-0.25, -0.2) is 4.79 Å². The molecule has 0 aromatic rings. The summed E-state index contributed by atoms with van der Waals surface area (Å²) in [5, 5.41) is 17.0. The molecule has 0 bridgehead atoms. The zero-order valence-electron chi connectivity index (χ0n) is 12.5. The van der Waals surface area contributed by atoms with E-state index in [9.17, 15) is 4.79 Å². The maximum absolute atomic E-state index is 11.3. The van der Waals surface area contributed by atoms with Gasteiger partial charge >= 0.3 is 6.03 Å². The van der Waals surface area contributed by atoms with E-state index in [0.717, 1.165) is 12.8 Å². The fourth-order valence-electron chi connectivity index (χ4n) is 2.13. The van der Waals surface area contributed by atoms with Gasteiger partial charge in [-0.05, 0) is 13.3 Å². The van der Waals surface area contributed by atoms with Crippen molar-refractivity contribution in [3.05, 3.63) is 0 Å². The number of hydrogen-bond donors (Lipinski definition) is 2. The average Bonchev–Trinajstić information content (AvgIpc) is 2.40. The smallest absolute Gasteiger partial charge is 0.321 e. The highest BCUT2D eigenvalue weighted by atomic mass is 16.8. The number of carbonyl (C=O) groups is 1. The molecule has 0 atom stereocenters.